The highest BCUT2D eigenvalue weighted by atomic mass is 16.5. The van der Waals surface area contributed by atoms with E-state index in [-0.39, 0.29) is 18.0 Å². The predicted octanol–water partition coefficient (Wildman–Crippen LogP) is 3.88. The molecule has 0 radical (unpaired) electrons. The average Bonchev–Trinajstić information content (AvgIpc) is 3.36. The molecule has 0 aliphatic heterocycles. The number of nitrogens with zero attached hydrogens (tertiary/aromatic N) is 4. The standard InChI is InChI=1S/C27H24N4O5/c1-16-12-13-18(14-17(16)2)31-26(32)19-8-5-6-10-21(19)30(27(31)33)15-23-28-25(29-36-23)20-9-7-11-22(34-3)24(20)35-4/h5-14H,15H2,1-4H3. The lowest BCUT2D eigenvalue weighted by atomic mass is 10.1. The lowest BCUT2D eigenvalue weighted by Gasteiger charge is -2.13. The van der Waals surface area contributed by atoms with Gasteiger partial charge in [0.25, 0.3) is 5.56 Å². The number of benzene rings is 3. The van der Waals surface area contributed by atoms with Crippen LogP contribution in [0, 0.1) is 13.8 Å². The average molecular weight is 485 g/mol. The van der Waals surface area contributed by atoms with E-state index in [4.69, 9.17) is 14.0 Å². The second kappa shape index (κ2) is 9.18. The molecule has 0 N–H and O–H groups in total. The zero-order chi connectivity index (χ0) is 25.4. The van der Waals surface area contributed by atoms with Crippen LogP contribution in [-0.2, 0) is 6.54 Å². The maximum Gasteiger partial charge on any atom is 0.336 e. The molecular formula is C27H24N4O5. The van der Waals surface area contributed by atoms with E-state index in [0.717, 1.165) is 11.1 Å². The Labute approximate surface area is 206 Å². The molecule has 5 aromatic rings. The van der Waals surface area contributed by atoms with Crippen molar-refractivity contribution in [3.05, 3.63) is 98.5 Å². The minimum absolute atomic E-state index is 0.0241. The zero-order valence-electron chi connectivity index (χ0n) is 20.3. The topological polar surface area (TPSA) is 101 Å². The van der Waals surface area contributed by atoms with E-state index in [0.29, 0.717) is 39.5 Å². The minimum Gasteiger partial charge on any atom is -0.493 e. The van der Waals surface area contributed by atoms with Gasteiger partial charge >= 0.3 is 5.69 Å². The summed E-state index contributed by atoms with van der Waals surface area (Å²) in [6.07, 6.45) is 0. The van der Waals surface area contributed by atoms with Gasteiger partial charge < -0.3 is 14.0 Å². The highest BCUT2D eigenvalue weighted by Crippen LogP contribution is 2.36. The van der Waals surface area contributed by atoms with E-state index >= 15 is 0 Å². The van der Waals surface area contributed by atoms with Gasteiger partial charge in [0.05, 0.1) is 36.4 Å². The highest BCUT2D eigenvalue weighted by molar-refractivity contribution is 5.78. The van der Waals surface area contributed by atoms with Crippen LogP contribution >= 0.6 is 0 Å². The Kier molecular flexibility index (Phi) is 5.89. The van der Waals surface area contributed by atoms with Crippen LogP contribution in [-0.4, -0.2) is 33.5 Å². The van der Waals surface area contributed by atoms with Crippen LogP contribution in [0.5, 0.6) is 11.5 Å². The second-order valence-electron chi connectivity index (χ2n) is 8.35. The van der Waals surface area contributed by atoms with Crippen LogP contribution in [0.25, 0.3) is 28.0 Å². The zero-order valence-corrected chi connectivity index (χ0v) is 20.3. The first-order chi connectivity index (χ1) is 17.4. The third-order valence-electron chi connectivity index (χ3n) is 6.20. The highest BCUT2D eigenvalue weighted by Gasteiger charge is 2.20. The Morgan fingerprint density at radius 1 is 0.917 bits per heavy atom. The van der Waals surface area contributed by atoms with Crippen LogP contribution in [0.3, 0.4) is 0 Å². The van der Waals surface area contributed by atoms with Crippen molar-refractivity contribution in [1.82, 2.24) is 19.3 Å². The molecule has 0 amide bonds. The lowest BCUT2D eigenvalue weighted by Crippen LogP contribution is -2.39. The maximum atomic E-state index is 13.7. The number of para-hydroxylation sites is 2. The van der Waals surface area contributed by atoms with Gasteiger partial charge in [-0.3, -0.25) is 9.36 Å². The molecule has 0 unspecified atom stereocenters. The first-order valence-electron chi connectivity index (χ1n) is 11.3. The fraction of sp³-hybridized carbons (Fsp3) is 0.185. The van der Waals surface area contributed by atoms with E-state index in [1.165, 1.54) is 16.2 Å². The third-order valence-corrected chi connectivity index (χ3v) is 6.20. The fourth-order valence-corrected chi connectivity index (χ4v) is 4.19. The van der Waals surface area contributed by atoms with Crippen LogP contribution in [0.4, 0.5) is 0 Å². The Bertz CT molecular complexity index is 1710. The molecule has 0 aliphatic carbocycles. The molecule has 0 bridgehead atoms. The van der Waals surface area contributed by atoms with Gasteiger partial charge in [-0.05, 0) is 61.4 Å². The molecule has 0 saturated heterocycles. The number of aromatic nitrogens is 4. The smallest absolute Gasteiger partial charge is 0.336 e. The quantitative estimate of drug-likeness (QED) is 0.360. The molecule has 2 heterocycles. The van der Waals surface area contributed by atoms with Crippen molar-refractivity contribution >= 4 is 10.9 Å². The summed E-state index contributed by atoms with van der Waals surface area (Å²) in [5.74, 6) is 1.50. The van der Waals surface area contributed by atoms with Crippen molar-refractivity contribution in [2.75, 3.05) is 14.2 Å². The van der Waals surface area contributed by atoms with Crippen molar-refractivity contribution in [2.24, 2.45) is 0 Å². The Morgan fingerprint density at radius 3 is 2.47 bits per heavy atom. The Balaban J connectivity index is 1.65. The van der Waals surface area contributed by atoms with E-state index in [2.05, 4.69) is 10.1 Å². The van der Waals surface area contributed by atoms with Gasteiger partial charge in [-0.1, -0.05) is 29.4 Å². The number of methoxy groups -OCH3 is 2. The molecular weight excluding hydrogens is 460 g/mol. The van der Waals surface area contributed by atoms with E-state index in [9.17, 15) is 9.59 Å². The van der Waals surface area contributed by atoms with Gasteiger partial charge in [0.2, 0.25) is 11.7 Å². The SMILES string of the molecule is COc1cccc(-c2noc(Cn3c(=O)n(-c4ccc(C)c(C)c4)c(=O)c4ccccc43)n2)c1OC. The number of fused-ring (bicyclic) bond motifs is 1. The van der Waals surface area contributed by atoms with E-state index < -0.39 is 5.69 Å². The molecule has 0 saturated carbocycles. The molecule has 9 nitrogen and oxygen atoms in total. The molecule has 0 aliphatic rings. The monoisotopic (exact) mass is 484 g/mol. The van der Waals surface area contributed by atoms with Gasteiger partial charge in [-0.15, -0.1) is 0 Å². The Hall–Kier alpha value is -4.66. The van der Waals surface area contributed by atoms with Gasteiger partial charge in [0.15, 0.2) is 11.5 Å². The lowest BCUT2D eigenvalue weighted by molar-refractivity contribution is 0.354. The first-order valence-corrected chi connectivity index (χ1v) is 11.3. The summed E-state index contributed by atoms with van der Waals surface area (Å²) >= 11 is 0. The van der Waals surface area contributed by atoms with Gasteiger partial charge in [-0.2, -0.15) is 4.98 Å². The van der Waals surface area contributed by atoms with Crippen LogP contribution in [0.1, 0.15) is 17.0 Å². The third kappa shape index (κ3) is 3.84. The summed E-state index contributed by atoms with van der Waals surface area (Å²) in [5.41, 5.74) is 2.73. The van der Waals surface area contributed by atoms with Gasteiger partial charge in [-0.25, -0.2) is 9.36 Å². The Morgan fingerprint density at radius 2 is 1.72 bits per heavy atom. The second-order valence-corrected chi connectivity index (χ2v) is 8.35. The summed E-state index contributed by atoms with van der Waals surface area (Å²) in [4.78, 5) is 31.5. The minimum atomic E-state index is -0.499. The van der Waals surface area contributed by atoms with Crippen molar-refractivity contribution in [3.8, 4) is 28.6 Å². The molecule has 5 rings (SSSR count). The molecule has 36 heavy (non-hydrogen) atoms. The molecule has 0 fully saturated rings. The largest absolute Gasteiger partial charge is 0.493 e. The maximum absolute atomic E-state index is 13.7. The number of aryl methyl sites for hydroxylation is 2. The number of ether oxygens (including phenoxy) is 2. The molecule has 0 atom stereocenters. The molecule has 3 aromatic carbocycles. The van der Waals surface area contributed by atoms with Crippen molar-refractivity contribution in [3.63, 3.8) is 0 Å². The van der Waals surface area contributed by atoms with Crippen molar-refractivity contribution in [1.29, 1.82) is 0 Å². The van der Waals surface area contributed by atoms with Gasteiger partial charge in [0, 0.05) is 0 Å². The van der Waals surface area contributed by atoms with Crippen LogP contribution in [0.2, 0.25) is 0 Å². The number of hydrogen-bond donors (Lipinski definition) is 0. The summed E-state index contributed by atoms with van der Waals surface area (Å²) in [6.45, 7) is 3.89. The summed E-state index contributed by atoms with van der Waals surface area (Å²) < 4.78 is 19.0. The number of rotatable bonds is 6. The normalized spacial score (nSPS) is 11.1. The van der Waals surface area contributed by atoms with Crippen LogP contribution < -0.4 is 20.7 Å². The van der Waals surface area contributed by atoms with Crippen molar-refractivity contribution < 1.29 is 14.0 Å². The fourth-order valence-electron chi connectivity index (χ4n) is 4.19. The molecule has 0 spiro atoms. The number of hydrogen-bond acceptors (Lipinski definition) is 7. The van der Waals surface area contributed by atoms with E-state index in [1.54, 1.807) is 55.6 Å². The van der Waals surface area contributed by atoms with Crippen LogP contribution in [0.15, 0.2) is 74.8 Å². The summed E-state index contributed by atoms with van der Waals surface area (Å²) in [5, 5.41) is 4.50. The van der Waals surface area contributed by atoms with Gasteiger partial charge in [0.1, 0.15) is 6.54 Å². The molecule has 182 valence electrons. The summed E-state index contributed by atoms with van der Waals surface area (Å²) in [7, 11) is 3.08. The first kappa shape index (κ1) is 23.1. The predicted molar refractivity (Wildman–Crippen MR) is 135 cm³/mol. The van der Waals surface area contributed by atoms with E-state index in [1.807, 2.05) is 26.0 Å². The summed E-state index contributed by atoms with van der Waals surface area (Å²) in [6, 6.07) is 17.8. The van der Waals surface area contributed by atoms with Crippen molar-refractivity contribution in [2.45, 2.75) is 20.4 Å². The molecule has 9 heteroatoms. The molecule has 2 aromatic heterocycles.